The highest BCUT2D eigenvalue weighted by atomic mass is 16.1. The molecule has 1 aliphatic rings. The summed E-state index contributed by atoms with van der Waals surface area (Å²) in [4.78, 5) is 11.9. The molecule has 3 heteroatoms. The van der Waals surface area contributed by atoms with Crippen molar-refractivity contribution in [2.45, 2.75) is 52.1 Å². The monoisotopic (exact) mass is 260 g/mol. The van der Waals surface area contributed by atoms with Crippen LogP contribution in [0.2, 0.25) is 0 Å². The van der Waals surface area contributed by atoms with Crippen molar-refractivity contribution in [3.63, 3.8) is 0 Å². The molecule has 0 aromatic heterocycles. The van der Waals surface area contributed by atoms with E-state index in [-0.39, 0.29) is 11.4 Å². The van der Waals surface area contributed by atoms with Gasteiger partial charge >= 0.3 is 0 Å². The molecule has 0 fully saturated rings. The van der Waals surface area contributed by atoms with Gasteiger partial charge in [-0.1, -0.05) is 18.2 Å². The number of carbonyl (C=O) groups excluding carboxylic acids is 1. The quantitative estimate of drug-likeness (QED) is 0.874. The van der Waals surface area contributed by atoms with Crippen LogP contribution >= 0.6 is 0 Å². The second kappa shape index (κ2) is 5.74. The van der Waals surface area contributed by atoms with Crippen molar-refractivity contribution in [1.29, 1.82) is 0 Å². The van der Waals surface area contributed by atoms with E-state index < -0.39 is 0 Å². The third-order valence-electron chi connectivity index (χ3n) is 3.37. The fraction of sp³-hybridized carbons (Fsp3) is 0.562. The van der Waals surface area contributed by atoms with Gasteiger partial charge in [0.1, 0.15) is 0 Å². The van der Waals surface area contributed by atoms with E-state index >= 15 is 0 Å². The summed E-state index contributed by atoms with van der Waals surface area (Å²) in [6, 6.07) is 6.44. The van der Waals surface area contributed by atoms with E-state index in [0.29, 0.717) is 6.42 Å². The third kappa shape index (κ3) is 4.06. The van der Waals surface area contributed by atoms with Gasteiger partial charge in [-0.3, -0.25) is 4.79 Å². The minimum atomic E-state index is -0.142. The number of amides is 1. The van der Waals surface area contributed by atoms with Crippen molar-refractivity contribution in [2.75, 3.05) is 6.54 Å². The zero-order valence-corrected chi connectivity index (χ0v) is 12.2. The van der Waals surface area contributed by atoms with Crippen LogP contribution in [-0.2, 0) is 24.2 Å². The van der Waals surface area contributed by atoms with E-state index in [9.17, 15) is 4.79 Å². The van der Waals surface area contributed by atoms with Crippen LogP contribution in [0.4, 0.5) is 0 Å². The summed E-state index contributed by atoms with van der Waals surface area (Å²) in [5, 5.41) is 6.40. The largest absolute Gasteiger partial charge is 0.351 e. The number of carbonyl (C=O) groups is 1. The van der Waals surface area contributed by atoms with Gasteiger partial charge in [-0.05, 0) is 56.8 Å². The first-order valence-corrected chi connectivity index (χ1v) is 7.07. The van der Waals surface area contributed by atoms with Crippen molar-refractivity contribution in [2.24, 2.45) is 0 Å². The summed E-state index contributed by atoms with van der Waals surface area (Å²) in [6.45, 7) is 8.04. The minimum absolute atomic E-state index is 0.138. The summed E-state index contributed by atoms with van der Waals surface area (Å²) in [5.41, 5.74) is 4.03. The van der Waals surface area contributed by atoms with Crippen molar-refractivity contribution in [3.05, 3.63) is 34.9 Å². The topological polar surface area (TPSA) is 41.1 Å². The SMILES string of the molecule is CC(C)(C)NC(=O)CCc1cccc2c1CCNC2. The van der Waals surface area contributed by atoms with Crippen LogP contribution in [0.5, 0.6) is 0 Å². The molecule has 0 unspecified atom stereocenters. The van der Waals surface area contributed by atoms with Crippen LogP contribution in [0.25, 0.3) is 0 Å². The molecule has 0 saturated carbocycles. The summed E-state index contributed by atoms with van der Waals surface area (Å²) < 4.78 is 0. The number of benzene rings is 1. The Bertz CT molecular complexity index is 460. The molecule has 2 N–H and O–H groups in total. The van der Waals surface area contributed by atoms with E-state index in [1.807, 2.05) is 20.8 Å². The Kier molecular flexibility index (Phi) is 4.25. The molecule has 19 heavy (non-hydrogen) atoms. The van der Waals surface area contributed by atoms with E-state index in [2.05, 4.69) is 28.8 Å². The molecule has 1 aliphatic heterocycles. The van der Waals surface area contributed by atoms with Crippen molar-refractivity contribution in [1.82, 2.24) is 10.6 Å². The maximum atomic E-state index is 11.9. The fourth-order valence-corrected chi connectivity index (χ4v) is 2.57. The summed E-state index contributed by atoms with van der Waals surface area (Å²) >= 11 is 0. The Balaban J connectivity index is 1.98. The number of rotatable bonds is 3. The molecule has 0 saturated heterocycles. The number of nitrogens with one attached hydrogen (secondary N) is 2. The Labute approximate surface area is 115 Å². The van der Waals surface area contributed by atoms with E-state index in [4.69, 9.17) is 0 Å². The molecule has 0 spiro atoms. The lowest BCUT2D eigenvalue weighted by Gasteiger charge is -2.22. The van der Waals surface area contributed by atoms with Gasteiger partial charge in [0.05, 0.1) is 0 Å². The summed E-state index contributed by atoms with van der Waals surface area (Å²) in [6.07, 6.45) is 2.48. The maximum Gasteiger partial charge on any atom is 0.220 e. The second-order valence-corrected chi connectivity index (χ2v) is 6.28. The van der Waals surface area contributed by atoms with E-state index in [0.717, 1.165) is 25.9 Å². The molecular weight excluding hydrogens is 236 g/mol. The number of hydrogen-bond acceptors (Lipinski definition) is 2. The van der Waals surface area contributed by atoms with Gasteiger partial charge in [-0.15, -0.1) is 0 Å². The van der Waals surface area contributed by atoms with Crippen LogP contribution in [0.1, 0.15) is 43.9 Å². The molecule has 0 atom stereocenters. The van der Waals surface area contributed by atoms with Gasteiger partial charge in [0.2, 0.25) is 5.91 Å². The number of hydrogen-bond donors (Lipinski definition) is 2. The zero-order chi connectivity index (χ0) is 13.9. The predicted octanol–water partition coefficient (Wildman–Crippen LogP) is 2.18. The van der Waals surface area contributed by atoms with Crippen LogP contribution in [-0.4, -0.2) is 18.0 Å². The number of aryl methyl sites for hydroxylation is 1. The standard InChI is InChI=1S/C16H24N2O/c1-16(2,3)18-15(19)8-7-12-5-4-6-13-11-17-10-9-14(12)13/h4-6,17H,7-11H2,1-3H3,(H,18,19). The predicted molar refractivity (Wildman–Crippen MR) is 78.1 cm³/mol. The van der Waals surface area contributed by atoms with Crippen molar-refractivity contribution < 1.29 is 4.79 Å². The minimum Gasteiger partial charge on any atom is -0.351 e. The molecule has 0 aliphatic carbocycles. The zero-order valence-electron chi connectivity index (χ0n) is 12.2. The van der Waals surface area contributed by atoms with E-state index in [1.54, 1.807) is 0 Å². The lowest BCUT2D eigenvalue weighted by molar-refractivity contribution is -0.122. The lowest BCUT2D eigenvalue weighted by atomic mass is 9.93. The molecule has 1 amide bonds. The molecule has 1 aromatic rings. The van der Waals surface area contributed by atoms with Crippen LogP contribution in [0, 0.1) is 0 Å². The average molecular weight is 260 g/mol. The first-order chi connectivity index (χ1) is 8.96. The molecule has 0 radical (unpaired) electrons. The second-order valence-electron chi connectivity index (χ2n) is 6.28. The first-order valence-electron chi connectivity index (χ1n) is 7.07. The van der Waals surface area contributed by atoms with Gasteiger partial charge < -0.3 is 10.6 Å². The molecule has 3 nitrogen and oxygen atoms in total. The first kappa shape index (κ1) is 14.1. The Morgan fingerprint density at radius 2 is 2.16 bits per heavy atom. The normalized spacial score (nSPS) is 14.9. The Morgan fingerprint density at radius 3 is 2.89 bits per heavy atom. The smallest absolute Gasteiger partial charge is 0.220 e. The molecule has 0 bridgehead atoms. The van der Waals surface area contributed by atoms with Gasteiger partial charge in [0.25, 0.3) is 0 Å². The highest BCUT2D eigenvalue weighted by molar-refractivity contribution is 5.77. The Morgan fingerprint density at radius 1 is 1.37 bits per heavy atom. The third-order valence-corrected chi connectivity index (χ3v) is 3.37. The van der Waals surface area contributed by atoms with Gasteiger partial charge in [0, 0.05) is 18.5 Å². The van der Waals surface area contributed by atoms with Crippen molar-refractivity contribution in [3.8, 4) is 0 Å². The van der Waals surface area contributed by atoms with Gasteiger partial charge in [-0.2, -0.15) is 0 Å². The highest BCUT2D eigenvalue weighted by Crippen LogP contribution is 2.20. The van der Waals surface area contributed by atoms with Crippen LogP contribution in [0.15, 0.2) is 18.2 Å². The molecular formula is C16H24N2O. The lowest BCUT2D eigenvalue weighted by Crippen LogP contribution is -2.40. The summed E-state index contributed by atoms with van der Waals surface area (Å²) in [5.74, 6) is 0.138. The van der Waals surface area contributed by atoms with Gasteiger partial charge in [-0.25, -0.2) is 0 Å². The fourth-order valence-electron chi connectivity index (χ4n) is 2.57. The maximum absolute atomic E-state index is 11.9. The van der Waals surface area contributed by atoms with Gasteiger partial charge in [0.15, 0.2) is 0 Å². The molecule has 1 heterocycles. The molecule has 2 rings (SSSR count). The molecule has 104 valence electrons. The highest BCUT2D eigenvalue weighted by Gasteiger charge is 2.16. The van der Waals surface area contributed by atoms with E-state index in [1.165, 1.54) is 16.7 Å². The molecule has 1 aromatic carbocycles. The number of fused-ring (bicyclic) bond motifs is 1. The average Bonchev–Trinajstić information content (AvgIpc) is 2.34. The summed E-state index contributed by atoms with van der Waals surface area (Å²) in [7, 11) is 0. The Hall–Kier alpha value is -1.35. The van der Waals surface area contributed by atoms with Crippen molar-refractivity contribution >= 4 is 5.91 Å². The van der Waals surface area contributed by atoms with Crippen LogP contribution in [0.3, 0.4) is 0 Å². The van der Waals surface area contributed by atoms with Crippen LogP contribution < -0.4 is 10.6 Å².